The summed E-state index contributed by atoms with van der Waals surface area (Å²) in [7, 11) is 3.10. The molecule has 0 saturated heterocycles. The Morgan fingerprint density at radius 2 is 1.71 bits per heavy atom. The van der Waals surface area contributed by atoms with Crippen molar-refractivity contribution in [2.45, 2.75) is 25.4 Å². The number of methoxy groups -OCH3 is 2. The molecule has 0 aromatic heterocycles. The van der Waals surface area contributed by atoms with Gasteiger partial charge < -0.3 is 24.4 Å². The van der Waals surface area contributed by atoms with Crippen LogP contribution in [0.2, 0.25) is 0 Å². The minimum atomic E-state index is -0.676. The number of benzene rings is 2. The first-order valence-electron chi connectivity index (χ1n) is 10.0. The van der Waals surface area contributed by atoms with Crippen molar-refractivity contribution in [2.24, 2.45) is 0 Å². The Labute approximate surface area is 181 Å². The predicted molar refractivity (Wildman–Crippen MR) is 113 cm³/mol. The quantitative estimate of drug-likeness (QED) is 0.585. The van der Waals surface area contributed by atoms with Gasteiger partial charge in [0.1, 0.15) is 18.0 Å². The molecule has 0 aliphatic heterocycles. The van der Waals surface area contributed by atoms with Crippen LogP contribution < -0.4 is 14.8 Å². The van der Waals surface area contributed by atoms with Gasteiger partial charge in [0.05, 0.1) is 14.2 Å². The highest BCUT2D eigenvalue weighted by molar-refractivity contribution is 5.96. The summed E-state index contributed by atoms with van der Waals surface area (Å²) in [6.45, 7) is -0.247. The summed E-state index contributed by atoms with van der Waals surface area (Å²) in [5.74, 6) is -0.0762. The van der Waals surface area contributed by atoms with Crippen molar-refractivity contribution in [3.63, 3.8) is 0 Å². The number of hydrogen-bond donors (Lipinski definition) is 1. The van der Waals surface area contributed by atoms with Gasteiger partial charge in [0, 0.05) is 18.2 Å². The van der Waals surface area contributed by atoms with Gasteiger partial charge in [-0.15, -0.1) is 0 Å². The van der Waals surface area contributed by atoms with Crippen LogP contribution in [-0.4, -0.2) is 56.1 Å². The van der Waals surface area contributed by atoms with Gasteiger partial charge in [-0.3, -0.25) is 14.4 Å². The predicted octanol–water partition coefficient (Wildman–Crippen LogP) is 2.17. The zero-order valence-corrected chi connectivity index (χ0v) is 17.6. The number of nitrogens with zero attached hydrogens (tertiary/aromatic N) is 1. The molecule has 2 aromatic carbocycles. The fourth-order valence-corrected chi connectivity index (χ4v) is 3.03. The van der Waals surface area contributed by atoms with Crippen LogP contribution in [0.15, 0.2) is 48.5 Å². The first kappa shape index (κ1) is 22.1. The summed E-state index contributed by atoms with van der Waals surface area (Å²) in [6, 6.07) is 14.2. The van der Waals surface area contributed by atoms with Crippen molar-refractivity contribution in [1.82, 2.24) is 10.2 Å². The Morgan fingerprint density at radius 3 is 2.35 bits per heavy atom. The van der Waals surface area contributed by atoms with Crippen LogP contribution in [0.3, 0.4) is 0 Å². The average Bonchev–Trinajstić information content (AvgIpc) is 3.65. The van der Waals surface area contributed by atoms with Crippen LogP contribution in [0.5, 0.6) is 11.5 Å². The highest BCUT2D eigenvalue weighted by atomic mass is 16.5. The molecular weight excluding hydrogens is 400 g/mol. The van der Waals surface area contributed by atoms with E-state index in [2.05, 4.69) is 5.32 Å². The first-order valence-corrected chi connectivity index (χ1v) is 10.0. The normalized spacial score (nSPS) is 12.6. The van der Waals surface area contributed by atoms with E-state index in [1.165, 1.54) is 7.11 Å². The molecule has 0 radical (unpaired) electrons. The molecule has 1 aliphatic rings. The van der Waals surface area contributed by atoms with E-state index in [4.69, 9.17) is 14.2 Å². The number of carbonyl (C=O) groups is 3. The zero-order chi connectivity index (χ0) is 22.2. The van der Waals surface area contributed by atoms with Crippen LogP contribution in [-0.2, 0) is 20.9 Å². The third-order valence-electron chi connectivity index (χ3n) is 4.90. The lowest BCUT2D eigenvalue weighted by atomic mass is 10.2. The largest absolute Gasteiger partial charge is 0.497 e. The molecule has 164 valence electrons. The van der Waals surface area contributed by atoms with Crippen molar-refractivity contribution in [2.75, 3.05) is 27.4 Å². The average molecular weight is 426 g/mol. The molecule has 8 heteroatoms. The van der Waals surface area contributed by atoms with E-state index in [-0.39, 0.29) is 25.1 Å². The molecule has 0 heterocycles. The first-order chi connectivity index (χ1) is 15.0. The minimum Gasteiger partial charge on any atom is -0.497 e. The number of ether oxygens (including phenoxy) is 3. The lowest BCUT2D eigenvalue weighted by Crippen LogP contribution is -2.37. The monoisotopic (exact) mass is 426 g/mol. The van der Waals surface area contributed by atoms with Gasteiger partial charge in [0.2, 0.25) is 0 Å². The summed E-state index contributed by atoms with van der Waals surface area (Å²) in [6.07, 6.45) is 1.87. The molecule has 1 aliphatic carbocycles. The fraction of sp³-hybridized carbons (Fsp3) is 0.348. The number of carbonyl (C=O) groups excluding carboxylic acids is 3. The second-order valence-electron chi connectivity index (χ2n) is 7.18. The summed E-state index contributed by atoms with van der Waals surface area (Å²) in [5.41, 5.74) is 1.33. The van der Waals surface area contributed by atoms with Crippen molar-refractivity contribution < 1.29 is 28.6 Å². The SMILES string of the molecule is COc1ccc(CN(C(=O)COC(=O)CNC(=O)c2cccc(OC)c2)C2CC2)cc1. The second-order valence-corrected chi connectivity index (χ2v) is 7.18. The van der Waals surface area contributed by atoms with E-state index in [1.807, 2.05) is 24.3 Å². The van der Waals surface area contributed by atoms with Gasteiger partial charge in [-0.2, -0.15) is 0 Å². The van der Waals surface area contributed by atoms with Gasteiger partial charge in [-0.1, -0.05) is 18.2 Å². The van der Waals surface area contributed by atoms with Crippen LogP contribution in [0.4, 0.5) is 0 Å². The maximum atomic E-state index is 12.6. The van der Waals surface area contributed by atoms with E-state index in [1.54, 1.807) is 36.3 Å². The van der Waals surface area contributed by atoms with Gasteiger partial charge in [-0.25, -0.2) is 0 Å². The molecule has 0 unspecified atom stereocenters. The zero-order valence-electron chi connectivity index (χ0n) is 17.6. The van der Waals surface area contributed by atoms with Gasteiger partial charge in [0.25, 0.3) is 11.8 Å². The lowest BCUT2D eigenvalue weighted by Gasteiger charge is -2.22. The second kappa shape index (κ2) is 10.5. The lowest BCUT2D eigenvalue weighted by molar-refractivity contribution is -0.151. The molecule has 3 rings (SSSR count). The van der Waals surface area contributed by atoms with Crippen molar-refractivity contribution in [1.29, 1.82) is 0 Å². The maximum absolute atomic E-state index is 12.6. The smallest absolute Gasteiger partial charge is 0.325 e. The van der Waals surface area contributed by atoms with Crippen LogP contribution in [0, 0.1) is 0 Å². The Morgan fingerprint density at radius 1 is 1.00 bits per heavy atom. The highest BCUT2D eigenvalue weighted by Crippen LogP contribution is 2.28. The van der Waals surface area contributed by atoms with E-state index < -0.39 is 11.9 Å². The number of esters is 1. The number of hydrogen-bond acceptors (Lipinski definition) is 6. The van der Waals surface area contributed by atoms with Crippen molar-refractivity contribution in [3.8, 4) is 11.5 Å². The van der Waals surface area contributed by atoms with Crippen molar-refractivity contribution in [3.05, 3.63) is 59.7 Å². The van der Waals surface area contributed by atoms with E-state index in [0.717, 1.165) is 24.2 Å². The summed E-state index contributed by atoms with van der Waals surface area (Å²) in [5, 5.41) is 2.48. The Hall–Kier alpha value is -3.55. The maximum Gasteiger partial charge on any atom is 0.325 e. The summed E-state index contributed by atoms with van der Waals surface area (Å²) < 4.78 is 15.3. The number of amides is 2. The van der Waals surface area contributed by atoms with E-state index in [9.17, 15) is 14.4 Å². The Balaban J connectivity index is 1.46. The van der Waals surface area contributed by atoms with Crippen molar-refractivity contribution >= 4 is 17.8 Å². The molecule has 0 spiro atoms. The molecule has 0 atom stereocenters. The van der Waals surface area contributed by atoms with Gasteiger partial charge in [0.15, 0.2) is 6.61 Å². The van der Waals surface area contributed by atoms with E-state index >= 15 is 0 Å². The molecule has 2 amide bonds. The van der Waals surface area contributed by atoms with E-state index in [0.29, 0.717) is 17.9 Å². The molecule has 8 nitrogen and oxygen atoms in total. The number of rotatable bonds is 10. The molecule has 31 heavy (non-hydrogen) atoms. The summed E-state index contributed by atoms with van der Waals surface area (Å²) in [4.78, 5) is 38.5. The standard InChI is InChI=1S/C23H26N2O6/c1-29-19-10-6-16(7-11-19)14-25(18-8-9-18)21(26)15-31-22(27)13-24-23(28)17-4-3-5-20(12-17)30-2/h3-7,10-12,18H,8-9,13-15H2,1-2H3,(H,24,28). The summed E-state index contributed by atoms with van der Waals surface area (Å²) >= 11 is 0. The number of nitrogens with one attached hydrogen (secondary N) is 1. The third kappa shape index (κ3) is 6.47. The van der Waals surface area contributed by atoms with Crippen LogP contribution >= 0.6 is 0 Å². The molecule has 1 saturated carbocycles. The van der Waals surface area contributed by atoms with Crippen LogP contribution in [0.1, 0.15) is 28.8 Å². The molecule has 2 aromatic rings. The Bertz CT molecular complexity index is 924. The van der Waals surface area contributed by atoms with Gasteiger partial charge in [-0.05, 0) is 48.7 Å². The Kier molecular flexibility index (Phi) is 7.48. The topological polar surface area (TPSA) is 94.2 Å². The minimum absolute atomic E-state index is 0.168. The molecule has 0 bridgehead atoms. The molecule has 1 N–H and O–H groups in total. The molecule has 1 fully saturated rings. The fourth-order valence-electron chi connectivity index (χ4n) is 3.03. The van der Waals surface area contributed by atoms with Crippen LogP contribution in [0.25, 0.3) is 0 Å². The highest BCUT2D eigenvalue weighted by Gasteiger charge is 2.33. The third-order valence-corrected chi connectivity index (χ3v) is 4.90. The van der Waals surface area contributed by atoms with Gasteiger partial charge >= 0.3 is 5.97 Å². The molecular formula is C23H26N2O6.